The third-order valence-electron chi connectivity index (χ3n) is 8.23. The normalized spacial score (nSPS) is 11.5. The first-order valence-electron chi connectivity index (χ1n) is 13.9. The molecule has 8 rings (SSSR count). The second-order valence-electron chi connectivity index (χ2n) is 10.5. The highest BCUT2D eigenvalue weighted by Crippen LogP contribution is 2.46. The van der Waals surface area contributed by atoms with Crippen LogP contribution in [-0.2, 0) is 0 Å². The molecule has 0 aliphatic carbocycles. The lowest BCUT2D eigenvalue weighted by molar-refractivity contribution is 1.61. The third-order valence-corrected chi connectivity index (χ3v) is 8.23. The summed E-state index contributed by atoms with van der Waals surface area (Å²) in [6.07, 6.45) is 0. The quantitative estimate of drug-likeness (QED) is 0.165. The Bertz CT molecular complexity index is 2150. The van der Waals surface area contributed by atoms with E-state index in [9.17, 15) is 0 Å². The molecule has 40 heavy (non-hydrogen) atoms. The average Bonchev–Trinajstić information content (AvgIpc) is 3.03. The number of hydrogen-bond donors (Lipinski definition) is 0. The number of hydrogen-bond acceptors (Lipinski definition) is 0. The van der Waals surface area contributed by atoms with E-state index >= 15 is 0 Å². The summed E-state index contributed by atoms with van der Waals surface area (Å²) < 4.78 is 0. The maximum absolute atomic E-state index is 2.34. The molecule has 0 aromatic heterocycles. The number of rotatable bonds is 3. The van der Waals surface area contributed by atoms with E-state index < -0.39 is 0 Å². The second-order valence-corrected chi connectivity index (χ2v) is 10.5. The summed E-state index contributed by atoms with van der Waals surface area (Å²) >= 11 is 0. The molecule has 8 aromatic carbocycles. The predicted octanol–water partition coefficient (Wildman–Crippen LogP) is 11.3. The predicted molar refractivity (Wildman–Crippen MR) is 173 cm³/mol. The van der Waals surface area contributed by atoms with E-state index in [2.05, 4.69) is 158 Å². The molecule has 0 amide bonds. The molecule has 8 aromatic rings. The van der Waals surface area contributed by atoms with Gasteiger partial charge in [-0.1, -0.05) is 152 Å². The highest BCUT2D eigenvalue weighted by Gasteiger charge is 2.18. The van der Waals surface area contributed by atoms with Crippen LogP contribution in [0.15, 0.2) is 158 Å². The Morgan fingerprint density at radius 1 is 0.275 bits per heavy atom. The maximum atomic E-state index is 2.34. The number of fused-ring (bicyclic) bond motifs is 5. The van der Waals surface area contributed by atoms with Crippen molar-refractivity contribution in [1.82, 2.24) is 0 Å². The van der Waals surface area contributed by atoms with Crippen LogP contribution < -0.4 is 0 Å². The van der Waals surface area contributed by atoms with E-state index in [1.165, 1.54) is 76.5 Å². The molecule has 0 spiro atoms. The zero-order valence-corrected chi connectivity index (χ0v) is 22.0. The van der Waals surface area contributed by atoms with Crippen LogP contribution in [0.1, 0.15) is 0 Å². The lowest BCUT2D eigenvalue weighted by atomic mass is 9.83. The van der Waals surface area contributed by atoms with Crippen molar-refractivity contribution in [1.29, 1.82) is 0 Å². The lowest BCUT2D eigenvalue weighted by Gasteiger charge is -2.19. The highest BCUT2D eigenvalue weighted by molar-refractivity contribution is 6.26. The Balaban J connectivity index is 1.50. The van der Waals surface area contributed by atoms with Gasteiger partial charge in [-0.2, -0.15) is 0 Å². The summed E-state index contributed by atoms with van der Waals surface area (Å²) in [5.74, 6) is 0. The van der Waals surface area contributed by atoms with Crippen molar-refractivity contribution in [3.05, 3.63) is 158 Å². The molecule has 0 nitrogen and oxygen atoms in total. The zero-order chi connectivity index (χ0) is 26.5. The first-order chi connectivity index (χ1) is 19.9. The van der Waals surface area contributed by atoms with E-state index in [0.717, 1.165) is 0 Å². The van der Waals surface area contributed by atoms with Crippen molar-refractivity contribution in [2.75, 3.05) is 0 Å². The van der Waals surface area contributed by atoms with Gasteiger partial charge in [-0.3, -0.25) is 0 Å². The molecular formula is C40H26. The first kappa shape index (κ1) is 22.8. The van der Waals surface area contributed by atoms with Gasteiger partial charge in [-0.15, -0.1) is 0 Å². The van der Waals surface area contributed by atoms with E-state index in [-0.39, 0.29) is 0 Å². The van der Waals surface area contributed by atoms with Gasteiger partial charge < -0.3 is 0 Å². The summed E-state index contributed by atoms with van der Waals surface area (Å²) in [5, 5.41) is 10.3. The van der Waals surface area contributed by atoms with Crippen LogP contribution >= 0.6 is 0 Å². The van der Waals surface area contributed by atoms with Gasteiger partial charge >= 0.3 is 0 Å². The van der Waals surface area contributed by atoms with Gasteiger partial charge in [0.25, 0.3) is 0 Å². The minimum atomic E-state index is 1.23. The van der Waals surface area contributed by atoms with Crippen molar-refractivity contribution in [3.63, 3.8) is 0 Å². The monoisotopic (exact) mass is 506 g/mol. The Morgan fingerprint density at radius 3 is 1.50 bits per heavy atom. The van der Waals surface area contributed by atoms with Gasteiger partial charge in [-0.25, -0.2) is 0 Å². The molecule has 0 aliphatic rings. The van der Waals surface area contributed by atoms with Gasteiger partial charge in [-0.05, 0) is 82.5 Å². The van der Waals surface area contributed by atoms with Crippen LogP contribution in [0.2, 0.25) is 0 Å². The van der Waals surface area contributed by atoms with E-state index in [1.807, 2.05) is 0 Å². The zero-order valence-electron chi connectivity index (χ0n) is 22.0. The van der Waals surface area contributed by atoms with E-state index in [0.29, 0.717) is 0 Å². The van der Waals surface area contributed by atoms with Crippen molar-refractivity contribution >= 4 is 43.1 Å². The van der Waals surface area contributed by atoms with Gasteiger partial charge in [0.05, 0.1) is 0 Å². The van der Waals surface area contributed by atoms with Crippen molar-refractivity contribution < 1.29 is 0 Å². The summed E-state index contributed by atoms with van der Waals surface area (Å²) in [7, 11) is 0. The van der Waals surface area contributed by atoms with Crippen LogP contribution in [-0.4, -0.2) is 0 Å². The van der Waals surface area contributed by atoms with Gasteiger partial charge in [0.15, 0.2) is 0 Å². The van der Waals surface area contributed by atoms with Crippen LogP contribution in [0.3, 0.4) is 0 Å². The van der Waals surface area contributed by atoms with Crippen LogP contribution in [0.4, 0.5) is 0 Å². The molecular weight excluding hydrogens is 480 g/mol. The molecule has 0 saturated carbocycles. The van der Waals surface area contributed by atoms with Crippen LogP contribution in [0, 0.1) is 0 Å². The average molecular weight is 507 g/mol. The second kappa shape index (κ2) is 9.22. The topological polar surface area (TPSA) is 0 Å². The molecule has 0 unspecified atom stereocenters. The molecule has 0 aliphatic heterocycles. The van der Waals surface area contributed by atoms with Crippen LogP contribution in [0.5, 0.6) is 0 Å². The highest BCUT2D eigenvalue weighted by atomic mass is 14.2. The molecule has 0 radical (unpaired) electrons. The third kappa shape index (κ3) is 3.54. The maximum Gasteiger partial charge on any atom is -0.00199 e. The molecule has 0 atom stereocenters. The fraction of sp³-hybridized carbons (Fsp3) is 0. The minimum absolute atomic E-state index is 1.23. The smallest absolute Gasteiger partial charge is 0.00199 e. The summed E-state index contributed by atoms with van der Waals surface area (Å²) in [6.45, 7) is 0. The molecule has 0 fully saturated rings. The molecule has 0 heterocycles. The molecule has 0 N–H and O–H groups in total. The largest absolute Gasteiger partial charge is 0.0622 e. The SMILES string of the molecule is c1ccc(-c2cccc(-c3c4ccccc4c(-c4cccc5ccc6ccccc6c45)c4ccccc34)c2)cc1. The molecule has 0 heteroatoms. The van der Waals surface area contributed by atoms with Crippen LogP contribution in [0.25, 0.3) is 76.5 Å². The lowest BCUT2D eigenvalue weighted by Crippen LogP contribution is -1.92. The number of benzene rings is 8. The summed E-state index contributed by atoms with van der Waals surface area (Å²) in [6, 6.07) is 57.5. The molecule has 0 saturated heterocycles. The van der Waals surface area contributed by atoms with E-state index in [4.69, 9.17) is 0 Å². The minimum Gasteiger partial charge on any atom is -0.0622 e. The first-order valence-corrected chi connectivity index (χ1v) is 13.9. The van der Waals surface area contributed by atoms with Gasteiger partial charge in [0.2, 0.25) is 0 Å². The Labute approximate surface area is 233 Å². The van der Waals surface area contributed by atoms with E-state index in [1.54, 1.807) is 0 Å². The van der Waals surface area contributed by atoms with Gasteiger partial charge in [0, 0.05) is 0 Å². The summed E-state index contributed by atoms with van der Waals surface area (Å²) in [4.78, 5) is 0. The fourth-order valence-electron chi connectivity index (χ4n) is 6.48. The van der Waals surface area contributed by atoms with Gasteiger partial charge in [0.1, 0.15) is 0 Å². The Kier molecular flexibility index (Phi) is 5.24. The molecule has 0 bridgehead atoms. The Hall–Kier alpha value is -5.20. The summed E-state index contributed by atoms with van der Waals surface area (Å²) in [5.41, 5.74) is 7.58. The Morgan fingerprint density at radius 2 is 0.775 bits per heavy atom. The fourth-order valence-corrected chi connectivity index (χ4v) is 6.48. The molecule has 186 valence electrons. The van der Waals surface area contributed by atoms with Crippen molar-refractivity contribution in [2.45, 2.75) is 0 Å². The van der Waals surface area contributed by atoms with Crippen molar-refractivity contribution in [3.8, 4) is 33.4 Å². The van der Waals surface area contributed by atoms with Crippen molar-refractivity contribution in [2.24, 2.45) is 0 Å². The standard InChI is InChI=1S/C40H26/c1-2-12-27(13-3-1)30-16-10-17-31(26-30)39-33-19-6-8-21-35(33)40(36-22-9-7-20-34(36)39)37-23-11-15-29-25-24-28-14-4-5-18-32(28)38(29)37/h1-26H.